The van der Waals surface area contributed by atoms with Gasteiger partial charge >= 0.3 is 0 Å². The van der Waals surface area contributed by atoms with E-state index in [0.29, 0.717) is 0 Å². The summed E-state index contributed by atoms with van der Waals surface area (Å²) in [6, 6.07) is 14.7. The minimum Gasteiger partial charge on any atom is -0.344 e. The van der Waals surface area contributed by atoms with Crippen LogP contribution in [0.15, 0.2) is 48.7 Å². The molecule has 0 saturated carbocycles. The fraction of sp³-hybridized carbons (Fsp3) is 0.350. The highest BCUT2D eigenvalue weighted by molar-refractivity contribution is 7.09. The molecule has 0 N–H and O–H groups in total. The van der Waals surface area contributed by atoms with Crippen molar-refractivity contribution in [3.05, 3.63) is 59.9 Å². The summed E-state index contributed by atoms with van der Waals surface area (Å²) in [6.45, 7) is 7.30. The molecule has 0 radical (unpaired) electrons. The van der Waals surface area contributed by atoms with Gasteiger partial charge in [0.05, 0.1) is 0 Å². The first-order valence-electron chi connectivity index (χ1n) is 9.06. The zero-order chi connectivity index (χ0) is 17.8. The Morgan fingerprint density at radius 1 is 1.04 bits per heavy atom. The molecule has 1 aromatic carbocycles. The van der Waals surface area contributed by atoms with Gasteiger partial charge in [-0.2, -0.15) is 9.36 Å². The van der Waals surface area contributed by atoms with Gasteiger partial charge in [0.25, 0.3) is 0 Å². The van der Waals surface area contributed by atoms with Crippen LogP contribution in [0, 0.1) is 6.92 Å². The second-order valence-corrected chi connectivity index (χ2v) is 7.38. The predicted octanol–water partition coefficient (Wildman–Crippen LogP) is 3.27. The Kier molecular flexibility index (Phi) is 5.22. The summed E-state index contributed by atoms with van der Waals surface area (Å²) in [7, 11) is 0. The predicted molar refractivity (Wildman–Crippen MR) is 107 cm³/mol. The van der Waals surface area contributed by atoms with Crippen LogP contribution in [0.3, 0.4) is 0 Å². The minimum absolute atomic E-state index is 0.807. The van der Waals surface area contributed by atoms with Crippen molar-refractivity contribution in [3.63, 3.8) is 0 Å². The molecule has 4 rings (SSSR count). The van der Waals surface area contributed by atoms with Crippen molar-refractivity contribution < 1.29 is 0 Å². The zero-order valence-corrected chi connectivity index (χ0v) is 15.8. The number of aromatic nitrogens is 3. The first-order valence-corrected chi connectivity index (χ1v) is 9.83. The van der Waals surface area contributed by atoms with Crippen molar-refractivity contribution in [2.75, 3.05) is 37.6 Å². The third-order valence-corrected chi connectivity index (χ3v) is 5.55. The van der Waals surface area contributed by atoms with Crippen molar-refractivity contribution in [1.29, 1.82) is 0 Å². The fourth-order valence-corrected chi connectivity index (χ4v) is 3.98. The van der Waals surface area contributed by atoms with Crippen molar-refractivity contribution in [1.82, 2.24) is 19.2 Å². The maximum Gasteiger partial charge on any atom is 0.205 e. The molecule has 0 bridgehead atoms. The first kappa shape index (κ1) is 17.1. The van der Waals surface area contributed by atoms with Crippen LogP contribution in [0.5, 0.6) is 0 Å². The molecular formula is C20H23N5S. The molecule has 2 aromatic heterocycles. The van der Waals surface area contributed by atoms with E-state index in [-0.39, 0.29) is 0 Å². The zero-order valence-electron chi connectivity index (χ0n) is 15.0. The molecule has 0 unspecified atom stereocenters. The summed E-state index contributed by atoms with van der Waals surface area (Å²) in [5, 5.41) is 1.03. The van der Waals surface area contributed by atoms with Crippen LogP contribution in [0.1, 0.15) is 11.3 Å². The van der Waals surface area contributed by atoms with Gasteiger partial charge in [0.2, 0.25) is 5.13 Å². The lowest BCUT2D eigenvalue weighted by Crippen LogP contribution is -2.47. The normalized spacial score (nSPS) is 15.3. The van der Waals surface area contributed by atoms with E-state index in [2.05, 4.69) is 49.5 Å². The molecule has 1 fully saturated rings. The van der Waals surface area contributed by atoms with Crippen molar-refractivity contribution in [2.45, 2.75) is 13.3 Å². The summed E-state index contributed by atoms with van der Waals surface area (Å²) in [5.74, 6) is 0.807. The van der Waals surface area contributed by atoms with Gasteiger partial charge in [0.1, 0.15) is 0 Å². The Bertz CT molecular complexity index is 840. The lowest BCUT2D eigenvalue weighted by molar-refractivity contribution is 0.261. The molecular weight excluding hydrogens is 342 g/mol. The molecule has 0 amide bonds. The first-order chi connectivity index (χ1) is 12.8. The van der Waals surface area contributed by atoms with Gasteiger partial charge in [-0.3, -0.25) is 9.88 Å². The van der Waals surface area contributed by atoms with E-state index >= 15 is 0 Å². The smallest absolute Gasteiger partial charge is 0.205 e. The summed E-state index contributed by atoms with van der Waals surface area (Å²) in [5.41, 5.74) is 3.45. The Hall–Kier alpha value is -2.31. The van der Waals surface area contributed by atoms with E-state index in [1.165, 1.54) is 17.1 Å². The van der Waals surface area contributed by atoms with Crippen LogP contribution in [0.4, 0.5) is 5.13 Å². The number of anilines is 1. The topological polar surface area (TPSA) is 45.2 Å². The van der Waals surface area contributed by atoms with Crippen LogP contribution >= 0.6 is 11.5 Å². The summed E-state index contributed by atoms with van der Waals surface area (Å²) >= 11 is 1.49. The lowest BCUT2D eigenvalue weighted by atomic mass is 10.1. The Balaban J connectivity index is 1.32. The number of piperazine rings is 1. The number of aryl methyl sites for hydroxylation is 1. The van der Waals surface area contributed by atoms with E-state index in [1.807, 2.05) is 25.3 Å². The SMILES string of the molecule is Cc1cc(-c2nsc(N3CCN(CCc4ccccc4)CC3)n2)ccn1. The highest BCUT2D eigenvalue weighted by Crippen LogP contribution is 2.25. The Morgan fingerprint density at radius 3 is 2.62 bits per heavy atom. The number of hydrogen-bond acceptors (Lipinski definition) is 6. The number of benzene rings is 1. The molecule has 5 nitrogen and oxygen atoms in total. The van der Waals surface area contributed by atoms with Crippen molar-refractivity contribution >= 4 is 16.7 Å². The second-order valence-electron chi connectivity index (χ2n) is 6.65. The van der Waals surface area contributed by atoms with Gasteiger partial charge in [-0.1, -0.05) is 30.3 Å². The molecule has 1 saturated heterocycles. The van der Waals surface area contributed by atoms with Crippen LogP contribution in [0.2, 0.25) is 0 Å². The molecule has 3 heterocycles. The van der Waals surface area contributed by atoms with Crippen LogP contribution < -0.4 is 4.90 Å². The largest absolute Gasteiger partial charge is 0.344 e. The number of hydrogen-bond donors (Lipinski definition) is 0. The highest BCUT2D eigenvalue weighted by Gasteiger charge is 2.20. The Labute approximate surface area is 158 Å². The number of rotatable bonds is 5. The lowest BCUT2D eigenvalue weighted by Gasteiger charge is -2.34. The highest BCUT2D eigenvalue weighted by atomic mass is 32.1. The maximum atomic E-state index is 4.75. The maximum absolute atomic E-state index is 4.75. The van der Waals surface area contributed by atoms with Gasteiger partial charge in [0, 0.05) is 61.7 Å². The second kappa shape index (κ2) is 7.93. The molecule has 6 heteroatoms. The molecule has 134 valence electrons. The summed E-state index contributed by atoms with van der Waals surface area (Å²) in [4.78, 5) is 13.9. The monoisotopic (exact) mass is 365 g/mol. The van der Waals surface area contributed by atoms with Crippen molar-refractivity contribution in [2.24, 2.45) is 0 Å². The van der Waals surface area contributed by atoms with Gasteiger partial charge in [-0.15, -0.1) is 0 Å². The van der Waals surface area contributed by atoms with Gasteiger partial charge in [-0.25, -0.2) is 0 Å². The molecule has 0 aliphatic carbocycles. The third-order valence-electron chi connectivity index (χ3n) is 4.77. The van der Waals surface area contributed by atoms with E-state index in [9.17, 15) is 0 Å². The molecule has 26 heavy (non-hydrogen) atoms. The number of nitrogens with zero attached hydrogens (tertiary/aromatic N) is 5. The summed E-state index contributed by atoms with van der Waals surface area (Å²) < 4.78 is 4.55. The average molecular weight is 366 g/mol. The quantitative estimate of drug-likeness (QED) is 0.694. The van der Waals surface area contributed by atoms with Crippen LogP contribution in [-0.4, -0.2) is 52.0 Å². The molecule has 0 spiro atoms. The van der Waals surface area contributed by atoms with Gasteiger partial charge in [0.15, 0.2) is 5.82 Å². The van der Waals surface area contributed by atoms with Crippen molar-refractivity contribution in [3.8, 4) is 11.4 Å². The fourth-order valence-electron chi connectivity index (χ4n) is 3.24. The Morgan fingerprint density at radius 2 is 1.85 bits per heavy atom. The number of pyridine rings is 1. The standard InChI is InChI=1S/C20H23N5S/c1-16-15-18(7-9-21-16)19-22-20(26-23-19)25-13-11-24(12-14-25)10-8-17-5-3-2-4-6-17/h2-7,9,15H,8,10-14H2,1H3. The average Bonchev–Trinajstić information content (AvgIpc) is 3.18. The third kappa shape index (κ3) is 4.08. The van der Waals surface area contributed by atoms with Gasteiger partial charge in [-0.05, 0) is 31.0 Å². The molecule has 0 atom stereocenters. The molecule has 1 aliphatic rings. The molecule has 1 aliphatic heterocycles. The van der Waals surface area contributed by atoms with E-state index in [0.717, 1.165) is 61.4 Å². The van der Waals surface area contributed by atoms with E-state index < -0.39 is 0 Å². The molecule has 3 aromatic rings. The minimum atomic E-state index is 0.807. The van der Waals surface area contributed by atoms with Crippen LogP contribution in [0.25, 0.3) is 11.4 Å². The van der Waals surface area contributed by atoms with E-state index in [1.54, 1.807) is 0 Å². The van der Waals surface area contributed by atoms with E-state index in [4.69, 9.17) is 4.98 Å². The van der Waals surface area contributed by atoms with Crippen LogP contribution in [-0.2, 0) is 6.42 Å². The van der Waals surface area contributed by atoms with Gasteiger partial charge < -0.3 is 4.90 Å². The summed E-state index contributed by atoms with van der Waals surface area (Å²) in [6.07, 6.45) is 2.93.